The molecule has 4 atom stereocenters. The highest BCUT2D eigenvalue weighted by Crippen LogP contribution is 2.37. The van der Waals surface area contributed by atoms with E-state index >= 15 is 0 Å². The summed E-state index contributed by atoms with van der Waals surface area (Å²) in [7, 11) is -3.47. The molecule has 1 aromatic carbocycles. The Kier molecular flexibility index (Phi) is 5.22. The normalized spacial score (nSPS) is 31.8. The maximum atomic E-state index is 13.7. The molecule has 3 fully saturated rings. The average Bonchev–Trinajstić information content (AvgIpc) is 3.23. The lowest BCUT2D eigenvalue weighted by Crippen LogP contribution is -2.46. The van der Waals surface area contributed by atoms with E-state index in [1.807, 2.05) is 18.2 Å². The first-order valence-corrected chi connectivity index (χ1v) is 11.1. The molecule has 6 nitrogen and oxygen atoms in total. The van der Waals surface area contributed by atoms with Gasteiger partial charge < -0.3 is 9.64 Å². The number of fused-ring (bicyclic) bond motifs is 1. The Morgan fingerprint density at radius 2 is 1.96 bits per heavy atom. The number of hydrogen-bond donors (Lipinski definition) is 0. The van der Waals surface area contributed by atoms with Crippen molar-refractivity contribution in [2.75, 3.05) is 32.8 Å². The van der Waals surface area contributed by atoms with Crippen molar-refractivity contribution in [3.05, 3.63) is 35.9 Å². The molecule has 0 N–H and O–H groups in total. The number of hydrogen-bond acceptors (Lipinski definition) is 4. The van der Waals surface area contributed by atoms with Crippen LogP contribution in [0.15, 0.2) is 30.3 Å². The zero-order chi connectivity index (χ0) is 19.0. The van der Waals surface area contributed by atoms with Crippen LogP contribution in [0.5, 0.6) is 0 Å². The van der Waals surface area contributed by atoms with Gasteiger partial charge in [-0.1, -0.05) is 30.3 Å². The standard InChI is InChI=1S/C19H25FN2O4S/c20-15-7-4-8-21(9-15)19(23)17-12-26-18-11-22(10-16(17)18)27(24,25)13-14-5-2-1-3-6-14/h1-3,5-6,15-18H,4,7-13H2. The molecule has 3 aliphatic heterocycles. The number of likely N-dealkylation sites (tertiary alicyclic amines) is 1. The minimum absolute atomic E-state index is 0.0540. The maximum Gasteiger partial charge on any atom is 0.228 e. The van der Waals surface area contributed by atoms with Crippen LogP contribution >= 0.6 is 0 Å². The van der Waals surface area contributed by atoms with Gasteiger partial charge in [0.2, 0.25) is 15.9 Å². The minimum atomic E-state index is -3.47. The van der Waals surface area contributed by atoms with E-state index in [-0.39, 0.29) is 42.7 Å². The summed E-state index contributed by atoms with van der Waals surface area (Å²) in [5, 5.41) is 0. The van der Waals surface area contributed by atoms with E-state index in [1.165, 1.54) is 4.31 Å². The third-order valence-corrected chi connectivity index (χ3v) is 7.64. The quantitative estimate of drug-likeness (QED) is 0.772. The maximum absolute atomic E-state index is 13.7. The fraction of sp³-hybridized carbons (Fsp3) is 0.632. The van der Waals surface area contributed by atoms with Crippen molar-refractivity contribution >= 4 is 15.9 Å². The molecule has 1 aromatic rings. The number of nitrogens with zero attached hydrogens (tertiary/aromatic N) is 2. The van der Waals surface area contributed by atoms with E-state index in [0.717, 1.165) is 5.56 Å². The number of ether oxygens (including phenoxy) is 1. The molecule has 0 saturated carbocycles. The lowest BCUT2D eigenvalue weighted by Gasteiger charge is -2.32. The number of rotatable bonds is 4. The monoisotopic (exact) mass is 396 g/mol. The van der Waals surface area contributed by atoms with E-state index in [0.29, 0.717) is 32.5 Å². The first kappa shape index (κ1) is 18.8. The Morgan fingerprint density at radius 3 is 2.70 bits per heavy atom. The fourth-order valence-electron chi connectivity index (χ4n) is 4.39. The van der Waals surface area contributed by atoms with Gasteiger partial charge in [-0.05, 0) is 18.4 Å². The molecule has 0 aliphatic carbocycles. The van der Waals surface area contributed by atoms with Crippen LogP contribution in [0.2, 0.25) is 0 Å². The third-order valence-electron chi connectivity index (χ3n) is 5.86. The van der Waals surface area contributed by atoms with Crippen LogP contribution in [0.25, 0.3) is 0 Å². The van der Waals surface area contributed by atoms with Crippen molar-refractivity contribution in [3.63, 3.8) is 0 Å². The van der Waals surface area contributed by atoms with Gasteiger partial charge in [0.15, 0.2) is 0 Å². The van der Waals surface area contributed by atoms with Crippen molar-refractivity contribution in [2.45, 2.75) is 30.9 Å². The molecule has 0 radical (unpaired) electrons. The van der Waals surface area contributed by atoms with Crippen molar-refractivity contribution in [2.24, 2.45) is 11.8 Å². The number of alkyl halides is 1. The smallest absolute Gasteiger partial charge is 0.228 e. The topological polar surface area (TPSA) is 66.9 Å². The summed E-state index contributed by atoms with van der Waals surface area (Å²) in [5.74, 6) is -0.672. The first-order chi connectivity index (χ1) is 12.9. The highest BCUT2D eigenvalue weighted by atomic mass is 32.2. The van der Waals surface area contributed by atoms with Crippen LogP contribution in [-0.2, 0) is 25.3 Å². The van der Waals surface area contributed by atoms with E-state index in [2.05, 4.69) is 0 Å². The predicted octanol–water partition coefficient (Wildman–Crippen LogP) is 1.42. The number of carbonyl (C=O) groups is 1. The molecule has 3 heterocycles. The number of amides is 1. The number of piperidine rings is 1. The highest BCUT2D eigenvalue weighted by Gasteiger charge is 2.50. The Labute approximate surface area is 159 Å². The molecule has 0 spiro atoms. The van der Waals surface area contributed by atoms with Crippen LogP contribution < -0.4 is 0 Å². The van der Waals surface area contributed by atoms with Crippen LogP contribution in [0.1, 0.15) is 18.4 Å². The summed E-state index contributed by atoms with van der Waals surface area (Å²) >= 11 is 0. The number of sulfonamides is 1. The zero-order valence-corrected chi connectivity index (χ0v) is 16.0. The van der Waals surface area contributed by atoms with Gasteiger partial charge in [-0.2, -0.15) is 4.31 Å². The fourth-order valence-corrected chi connectivity index (χ4v) is 5.96. The molecule has 4 rings (SSSR count). The molecular weight excluding hydrogens is 371 g/mol. The van der Waals surface area contributed by atoms with Gasteiger partial charge >= 0.3 is 0 Å². The van der Waals surface area contributed by atoms with Gasteiger partial charge in [0.1, 0.15) is 6.17 Å². The SMILES string of the molecule is O=C(C1COC2CN(S(=O)(=O)Cc3ccccc3)CC21)N1CCCC(F)C1. The zero-order valence-electron chi connectivity index (χ0n) is 15.2. The Bertz CT molecular complexity index is 788. The molecule has 0 bridgehead atoms. The van der Waals surface area contributed by atoms with Gasteiger partial charge in [0.05, 0.1) is 30.9 Å². The van der Waals surface area contributed by atoms with E-state index < -0.39 is 16.2 Å². The van der Waals surface area contributed by atoms with Crippen LogP contribution in [0.4, 0.5) is 4.39 Å². The van der Waals surface area contributed by atoms with Gasteiger partial charge in [-0.15, -0.1) is 0 Å². The average molecular weight is 396 g/mol. The van der Waals surface area contributed by atoms with E-state index in [4.69, 9.17) is 4.74 Å². The van der Waals surface area contributed by atoms with Gasteiger partial charge in [-0.3, -0.25) is 4.79 Å². The van der Waals surface area contributed by atoms with Gasteiger partial charge in [0.25, 0.3) is 0 Å². The lowest BCUT2D eigenvalue weighted by atomic mass is 9.91. The van der Waals surface area contributed by atoms with E-state index in [1.54, 1.807) is 17.0 Å². The molecule has 0 aromatic heterocycles. The molecule has 4 unspecified atom stereocenters. The second-order valence-electron chi connectivity index (χ2n) is 7.72. The van der Waals surface area contributed by atoms with Crippen LogP contribution in [0.3, 0.4) is 0 Å². The summed E-state index contributed by atoms with van der Waals surface area (Å²) in [6.07, 6.45) is -0.0445. The molecule has 8 heteroatoms. The Morgan fingerprint density at radius 1 is 1.19 bits per heavy atom. The number of halogens is 1. The molecule has 3 saturated heterocycles. The summed E-state index contributed by atoms with van der Waals surface area (Å²) in [4.78, 5) is 14.4. The second-order valence-corrected chi connectivity index (χ2v) is 9.69. The van der Waals surface area contributed by atoms with Crippen molar-refractivity contribution in [1.82, 2.24) is 9.21 Å². The van der Waals surface area contributed by atoms with Crippen LogP contribution in [-0.4, -0.2) is 68.6 Å². The minimum Gasteiger partial charge on any atom is -0.376 e. The highest BCUT2D eigenvalue weighted by molar-refractivity contribution is 7.88. The van der Waals surface area contributed by atoms with Crippen molar-refractivity contribution in [1.29, 1.82) is 0 Å². The van der Waals surface area contributed by atoms with Gasteiger partial charge in [0, 0.05) is 25.6 Å². The van der Waals surface area contributed by atoms with E-state index in [9.17, 15) is 17.6 Å². The van der Waals surface area contributed by atoms with Crippen molar-refractivity contribution < 1.29 is 22.3 Å². The first-order valence-electron chi connectivity index (χ1n) is 9.50. The number of carbonyl (C=O) groups excluding carboxylic acids is 1. The summed E-state index contributed by atoms with van der Waals surface area (Å²) < 4.78 is 46.4. The number of benzene rings is 1. The molecular formula is C19H25FN2O4S. The molecule has 3 aliphatic rings. The molecule has 148 valence electrons. The Balaban J connectivity index is 1.43. The van der Waals surface area contributed by atoms with Crippen LogP contribution in [0, 0.1) is 11.8 Å². The summed E-state index contributed by atoms with van der Waals surface area (Å²) in [6, 6.07) is 9.07. The predicted molar refractivity (Wildman–Crippen MR) is 98.1 cm³/mol. The second kappa shape index (κ2) is 7.48. The lowest BCUT2D eigenvalue weighted by molar-refractivity contribution is -0.138. The molecule has 27 heavy (non-hydrogen) atoms. The van der Waals surface area contributed by atoms with Crippen molar-refractivity contribution in [3.8, 4) is 0 Å². The van der Waals surface area contributed by atoms with Gasteiger partial charge in [-0.25, -0.2) is 12.8 Å². The Hall–Kier alpha value is -1.51. The third kappa shape index (κ3) is 3.88. The summed E-state index contributed by atoms with van der Waals surface area (Å²) in [6.45, 7) is 1.60. The summed E-state index contributed by atoms with van der Waals surface area (Å²) in [5.41, 5.74) is 0.741. The molecule has 1 amide bonds. The largest absolute Gasteiger partial charge is 0.376 e.